The van der Waals surface area contributed by atoms with Gasteiger partial charge in [0.05, 0.1) is 12.2 Å². The molecular formula is C15H17N3O. The highest BCUT2D eigenvalue weighted by Gasteiger charge is 2.05. The molecule has 0 fully saturated rings. The zero-order valence-electron chi connectivity index (χ0n) is 11.4. The second kappa shape index (κ2) is 5.61. The number of hydrogen-bond donors (Lipinski definition) is 1. The van der Waals surface area contributed by atoms with Crippen molar-refractivity contribution in [1.82, 2.24) is 10.2 Å². The fourth-order valence-corrected chi connectivity index (χ4v) is 1.80. The van der Waals surface area contributed by atoms with Crippen molar-refractivity contribution in [2.75, 3.05) is 11.9 Å². The van der Waals surface area contributed by atoms with Crippen LogP contribution in [0.4, 0.5) is 5.82 Å². The van der Waals surface area contributed by atoms with Crippen molar-refractivity contribution in [2.45, 2.75) is 20.8 Å². The molecule has 2 aromatic rings. The minimum Gasteiger partial charge on any atom is -0.362 e. The van der Waals surface area contributed by atoms with Crippen LogP contribution in [-0.2, 0) is 4.79 Å². The van der Waals surface area contributed by atoms with Crippen LogP contribution in [0.15, 0.2) is 30.3 Å². The summed E-state index contributed by atoms with van der Waals surface area (Å²) in [6.07, 6.45) is 0. The third-order valence-electron chi connectivity index (χ3n) is 2.85. The number of carbonyl (C=O) groups is 1. The Bertz CT molecular complexity index is 591. The van der Waals surface area contributed by atoms with E-state index >= 15 is 0 Å². The molecule has 0 spiro atoms. The van der Waals surface area contributed by atoms with Gasteiger partial charge < -0.3 is 5.32 Å². The number of Topliss-reactive ketones (excluding diaryl/α,β-unsaturated/α-hetero) is 1. The number of nitrogens with one attached hydrogen (secondary N) is 1. The molecule has 1 aromatic heterocycles. The highest BCUT2D eigenvalue weighted by Crippen LogP contribution is 2.22. The van der Waals surface area contributed by atoms with E-state index in [1.165, 1.54) is 18.1 Å². The van der Waals surface area contributed by atoms with Crippen LogP contribution in [0.2, 0.25) is 0 Å². The molecular weight excluding hydrogens is 238 g/mol. The fraction of sp³-hybridized carbons (Fsp3) is 0.267. The topological polar surface area (TPSA) is 54.9 Å². The van der Waals surface area contributed by atoms with Crippen LogP contribution in [0.5, 0.6) is 0 Å². The normalized spacial score (nSPS) is 10.3. The molecule has 1 aromatic carbocycles. The van der Waals surface area contributed by atoms with Gasteiger partial charge in [-0.2, -0.15) is 0 Å². The molecule has 4 heteroatoms. The van der Waals surface area contributed by atoms with Crippen molar-refractivity contribution in [3.8, 4) is 11.3 Å². The van der Waals surface area contributed by atoms with E-state index in [4.69, 9.17) is 0 Å². The number of benzene rings is 1. The summed E-state index contributed by atoms with van der Waals surface area (Å²) in [5, 5.41) is 11.2. The average molecular weight is 255 g/mol. The summed E-state index contributed by atoms with van der Waals surface area (Å²) in [5.41, 5.74) is 4.30. The number of rotatable bonds is 4. The van der Waals surface area contributed by atoms with Gasteiger partial charge in [-0.3, -0.25) is 4.79 Å². The Hall–Kier alpha value is -2.23. The second-order valence-electron chi connectivity index (χ2n) is 4.68. The molecule has 98 valence electrons. The second-order valence-corrected chi connectivity index (χ2v) is 4.68. The van der Waals surface area contributed by atoms with E-state index in [1.807, 2.05) is 12.1 Å². The van der Waals surface area contributed by atoms with Gasteiger partial charge in [-0.15, -0.1) is 10.2 Å². The lowest BCUT2D eigenvalue weighted by atomic mass is 10.0. The number of anilines is 1. The van der Waals surface area contributed by atoms with Crippen molar-refractivity contribution in [3.05, 3.63) is 41.5 Å². The van der Waals surface area contributed by atoms with Crippen molar-refractivity contribution in [2.24, 2.45) is 0 Å². The number of aromatic nitrogens is 2. The third-order valence-corrected chi connectivity index (χ3v) is 2.85. The minimum absolute atomic E-state index is 0.0698. The lowest BCUT2D eigenvalue weighted by molar-refractivity contribution is -0.115. The van der Waals surface area contributed by atoms with Crippen LogP contribution in [-0.4, -0.2) is 22.5 Å². The number of nitrogens with zero attached hydrogens (tertiary/aromatic N) is 2. The number of ketones is 1. The summed E-state index contributed by atoms with van der Waals surface area (Å²) in [7, 11) is 0. The molecule has 0 atom stereocenters. The van der Waals surface area contributed by atoms with Gasteiger partial charge >= 0.3 is 0 Å². The van der Waals surface area contributed by atoms with Crippen LogP contribution < -0.4 is 5.32 Å². The van der Waals surface area contributed by atoms with Crippen LogP contribution in [0.1, 0.15) is 18.1 Å². The molecule has 0 amide bonds. The molecule has 1 N–H and O–H groups in total. The smallest absolute Gasteiger partial charge is 0.149 e. The molecule has 0 unspecified atom stereocenters. The summed E-state index contributed by atoms with van der Waals surface area (Å²) < 4.78 is 0. The lowest BCUT2D eigenvalue weighted by Gasteiger charge is -2.07. The first-order chi connectivity index (χ1) is 9.06. The average Bonchev–Trinajstić information content (AvgIpc) is 2.40. The maximum atomic E-state index is 10.9. The molecule has 2 rings (SSSR count). The van der Waals surface area contributed by atoms with E-state index in [9.17, 15) is 4.79 Å². The Morgan fingerprint density at radius 3 is 2.58 bits per heavy atom. The summed E-state index contributed by atoms with van der Waals surface area (Å²) >= 11 is 0. The van der Waals surface area contributed by atoms with Gasteiger partial charge in [0.25, 0.3) is 0 Å². The monoisotopic (exact) mass is 255 g/mol. The van der Waals surface area contributed by atoms with Crippen LogP contribution >= 0.6 is 0 Å². The van der Waals surface area contributed by atoms with Gasteiger partial charge in [0.1, 0.15) is 11.6 Å². The van der Waals surface area contributed by atoms with E-state index in [-0.39, 0.29) is 12.3 Å². The third kappa shape index (κ3) is 3.37. The van der Waals surface area contributed by atoms with Gasteiger partial charge in [-0.25, -0.2) is 0 Å². The largest absolute Gasteiger partial charge is 0.362 e. The summed E-state index contributed by atoms with van der Waals surface area (Å²) in [5.74, 6) is 0.685. The Kier molecular flexibility index (Phi) is 3.90. The zero-order chi connectivity index (χ0) is 13.8. The highest BCUT2D eigenvalue weighted by molar-refractivity contribution is 5.80. The molecule has 19 heavy (non-hydrogen) atoms. The van der Waals surface area contributed by atoms with Crippen LogP contribution in [0, 0.1) is 13.8 Å². The summed E-state index contributed by atoms with van der Waals surface area (Å²) in [4.78, 5) is 10.9. The number of carbonyl (C=O) groups excluding carboxylic acids is 1. The first-order valence-electron chi connectivity index (χ1n) is 6.21. The van der Waals surface area contributed by atoms with Crippen molar-refractivity contribution >= 4 is 11.6 Å². The molecule has 0 aliphatic heterocycles. The quantitative estimate of drug-likeness (QED) is 0.912. The van der Waals surface area contributed by atoms with Crippen molar-refractivity contribution in [3.63, 3.8) is 0 Å². The van der Waals surface area contributed by atoms with E-state index in [0.717, 1.165) is 11.3 Å². The molecule has 0 radical (unpaired) electrons. The lowest BCUT2D eigenvalue weighted by Crippen LogP contribution is -2.11. The maximum Gasteiger partial charge on any atom is 0.149 e. The minimum atomic E-state index is 0.0698. The number of hydrogen-bond acceptors (Lipinski definition) is 4. The first-order valence-corrected chi connectivity index (χ1v) is 6.21. The Morgan fingerprint density at radius 1 is 1.16 bits per heavy atom. The Balaban J connectivity index is 2.22. The first kappa shape index (κ1) is 13.2. The van der Waals surface area contributed by atoms with E-state index in [0.29, 0.717) is 5.82 Å². The van der Waals surface area contributed by atoms with Crippen LogP contribution in [0.3, 0.4) is 0 Å². The number of aryl methyl sites for hydroxylation is 2. The van der Waals surface area contributed by atoms with Crippen molar-refractivity contribution in [1.29, 1.82) is 0 Å². The highest BCUT2D eigenvalue weighted by atomic mass is 16.1. The predicted molar refractivity (Wildman–Crippen MR) is 76.1 cm³/mol. The van der Waals surface area contributed by atoms with Crippen LogP contribution in [0.25, 0.3) is 11.3 Å². The molecule has 0 aliphatic carbocycles. The molecule has 0 aliphatic rings. The summed E-state index contributed by atoms with van der Waals surface area (Å²) in [6, 6.07) is 10.0. The van der Waals surface area contributed by atoms with Gasteiger partial charge in [0.15, 0.2) is 0 Å². The summed E-state index contributed by atoms with van der Waals surface area (Å²) in [6.45, 7) is 5.92. The standard InChI is InChI=1S/C15H17N3O/c1-10-4-5-11(2)13(8-10)14-6-7-15(18-17-14)16-9-12(3)19/h4-8H,9H2,1-3H3,(H,16,18). The van der Waals surface area contributed by atoms with Gasteiger partial charge in [0.2, 0.25) is 0 Å². The van der Waals surface area contributed by atoms with E-state index < -0.39 is 0 Å². The van der Waals surface area contributed by atoms with Gasteiger partial charge in [-0.1, -0.05) is 17.7 Å². The SMILES string of the molecule is CC(=O)CNc1ccc(-c2cc(C)ccc2C)nn1. The molecule has 4 nitrogen and oxygen atoms in total. The Labute approximate surface area is 112 Å². The van der Waals surface area contributed by atoms with E-state index in [1.54, 1.807) is 0 Å². The van der Waals surface area contributed by atoms with Gasteiger partial charge in [0, 0.05) is 5.56 Å². The maximum absolute atomic E-state index is 10.9. The van der Waals surface area contributed by atoms with Crippen molar-refractivity contribution < 1.29 is 4.79 Å². The molecule has 0 bridgehead atoms. The fourth-order valence-electron chi connectivity index (χ4n) is 1.80. The Morgan fingerprint density at radius 2 is 1.95 bits per heavy atom. The van der Waals surface area contributed by atoms with Gasteiger partial charge in [-0.05, 0) is 44.5 Å². The predicted octanol–water partition coefficient (Wildman–Crippen LogP) is 2.76. The molecule has 0 saturated carbocycles. The molecule has 1 heterocycles. The van der Waals surface area contributed by atoms with E-state index in [2.05, 4.69) is 47.6 Å². The zero-order valence-corrected chi connectivity index (χ0v) is 11.4. The molecule has 0 saturated heterocycles.